The molecule has 1 fully saturated rings. The highest BCUT2D eigenvalue weighted by atomic mass is 32.2. The summed E-state index contributed by atoms with van der Waals surface area (Å²) < 4.78 is 23.2. The summed E-state index contributed by atoms with van der Waals surface area (Å²) in [5.41, 5.74) is 6.58. The molecule has 0 aromatic heterocycles. The van der Waals surface area contributed by atoms with Gasteiger partial charge >= 0.3 is 0 Å². The van der Waals surface area contributed by atoms with Crippen molar-refractivity contribution in [1.82, 2.24) is 0 Å². The Morgan fingerprint density at radius 3 is 2.58 bits per heavy atom. The molecule has 5 nitrogen and oxygen atoms in total. The first kappa shape index (κ1) is 14.1. The molecule has 2 rings (SSSR count). The van der Waals surface area contributed by atoms with Crippen molar-refractivity contribution in [3.63, 3.8) is 0 Å². The molecule has 0 saturated heterocycles. The van der Waals surface area contributed by atoms with Crippen LogP contribution in [0.2, 0.25) is 0 Å². The third-order valence-electron chi connectivity index (χ3n) is 3.76. The minimum atomic E-state index is -3.77. The van der Waals surface area contributed by atoms with Crippen molar-refractivity contribution >= 4 is 21.4 Å². The van der Waals surface area contributed by atoms with Crippen LogP contribution >= 0.6 is 0 Å². The number of nitrogens with two attached hydrogens (primary N) is 2. The summed E-state index contributed by atoms with van der Waals surface area (Å²) in [6, 6.07) is 5.07. The summed E-state index contributed by atoms with van der Waals surface area (Å²) in [6.07, 6.45) is 4.62. The van der Waals surface area contributed by atoms with Crippen molar-refractivity contribution in [3.05, 3.63) is 18.2 Å². The van der Waals surface area contributed by atoms with E-state index in [1.54, 1.807) is 12.1 Å². The molecule has 0 radical (unpaired) electrons. The molecule has 0 aliphatic heterocycles. The summed E-state index contributed by atoms with van der Waals surface area (Å²) in [5, 5.41) is 8.56. The van der Waals surface area contributed by atoms with Crippen LogP contribution in [0.15, 0.2) is 23.1 Å². The van der Waals surface area contributed by atoms with Crippen LogP contribution in [0.5, 0.6) is 0 Å². The summed E-state index contributed by atoms with van der Waals surface area (Å²) in [7, 11) is -3.77. The lowest BCUT2D eigenvalue weighted by atomic mass is 9.86. The van der Waals surface area contributed by atoms with Crippen LogP contribution in [0.4, 0.5) is 11.4 Å². The number of hydrogen-bond donors (Lipinski definition) is 3. The number of benzene rings is 1. The Morgan fingerprint density at radius 2 is 1.95 bits per heavy atom. The van der Waals surface area contributed by atoms with Gasteiger partial charge in [0.05, 0.1) is 5.69 Å². The van der Waals surface area contributed by atoms with E-state index in [0.717, 1.165) is 12.8 Å². The van der Waals surface area contributed by atoms with Crippen molar-refractivity contribution in [2.24, 2.45) is 11.1 Å². The van der Waals surface area contributed by atoms with Crippen LogP contribution in [0, 0.1) is 5.92 Å². The Hall–Kier alpha value is -1.27. The van der Waals surface area contributed by atoms with Crippen molar-refractivity contribution in [1.29, 1.82) is 0 Å². The van der Waals surface area contributed by atoms with Gasteiger partial charge in [-0.05, 0) is 37.0 Å². The van der Waals surface area contributed by atoms with Crippen LogP contribution in [0.3, 0.4) is 0 Å². The maximum Gasteiger partial charge on any atom is 0.240 e. The van der Waals surface area contributed by atoms with Gasteiger partial charge in [0, 0.05) is 11.7 Å². The quantitative estimate of drug-likeness (QED) is 0.738. The predicted octanol–water partition coefficient (Wildman–Crippen LogP) is 1.91. The molecule has 0 bridgehead atoms. The number of sulfonamides is 1. The number of hydrogen-bond acceptors (Lipinski definition) is 4. The van der Waals surface area contributed by atoms with Crippen LogP contribution in [0.25, 0.3) is 0 Å². The average Bonchev–Trinajstić information content (AvgIpc) is 2.33. The first-order chi connectivity index (χ1) is 8.88. The second-order valence-electron chi connectivity index (χ2n) is 5.31. The summed E-state index contributed by atoms with van der Waals surface area (Å²) in [5.74, 6) is 0.527. The third-order valence-corrected chi connectivity index (χ3v) is 4.72. The van der Waals surface area contributed by atoms with Gasteiger partial charge in [-0.1, -0.05) is 19.8 Å². The highest BCUT2D eigenvalue weighted by Gasteiger charge is 2.23. The molecular formula is C13H21N3O2S. The van der Waals surface area contributed by atoms with Crippen LogP contribution in [-0.4, -0.2) is 14.5 Å². The molecule has 2 atom stereocenters. The monoisotopic (exact) mass is 283 g/mol. The Morgan fingerprint density at radius 1 is 1.26 bits per heavy atom. The first-order valence-electron chi connectivity index (χ1n) is 6.57. The maximum absolute atomic E-state index is 11.6. The SMILES string of the molecule is CC1CCCCC1Nc1ccc(N)cc1S(N)(=O)=O. The molecule has 6 heteroatoms. The van der Waals surface area contributed by atoms with Crippen molar-refractivity contribution in [3.8, 4) is 0 Å². The van der Waals surface area contributed by atoms with Gasteiger partial charge in [0.25, 0.3) is 0 Å². The van der Waals surface area contributed by atoms with Crippen LogP contribution < -0.4 is 16.2 Å². The normalized spacial score (nSPS) is 24.1. The van der Waals surface area contributed by atoms with Gasteiger partial charge < -0.3 is 11.1 Å². The predicted molar refractivity (Wildman–Crippen MR) is 77.3 cm³/mol. The lowest BCUT2D eigenvalue weighted by Crippen LogP contribution is -2.31. The van der Waals surface area contributed by atoms with Gasteiger partial charge in [0.2, 0.25) is 10.0 Å². The smallest absolute Gasteiger partial charge is 0.240 e. The van der Waals surface area contributed by atoms with E-state index in [1.807, 2.05) is 0 Å². The average molecular weight is 283 g/mol. The highest BCUT2D eigenvalue weighted by Crippen LogP contribution is 2.30. The van der Waals surface area contributed by atoms with Crippen molar-refractivity contribution in [2.45, 2.75) is 43.5 Å². The van der Waals surface area contributed by atoms with E-state index in [0.29, 0.717) is 17.3 Å². The zero-order chi connectivity index (χ0) is 14.0. The minimum absolute atomic E-state index is 0.0743. The van der Waals surface area contributed by atoms with E-state index < -0.39 is 10.0 Å². The van der Waals surface area contributed by atoms with Gasteiger partial charge in [-0.25, -0.2) is 13.6 Å². The molecule has 1 aromatic carbocycles. The minimum Gasteiger partial charge on any atom is -0.399 e. The van der Waals surface area contributed by atoms with Gasteiger partial charge in [-0.3, -0.25) is 0 Å². The second-order valence-corrected chi connectivity index (χ2v) is 6.84. The fraction of sp³-hybridized carbons (Fsp3) is 0.538. The van der Waals surface area contributed by atoms with Gasteiger partial charge in [0.1, 0.15) is 4.90 Å². The number of nitrogens with one attached hydrogen (secondary N) is 1. The molecule has 1 aliphatic carbocycles. The van der Waals surface area contributed by atoms with Crippen LogP contribution in [0.1, 0.15) is 32.6 Å². The lowest BCUT2D eigenvalue weighted by Gasteiger charge is -2.31. The second kappa shape index (κ2) is 5.38. The fourth-order valence-electron chi connectivity index (χ4n) is 2.62. The van der Waals surface area contributed by atoms with Gasteiger partial charge in [-0.2, -0.15) is 0 Å². The summed E-state index contributed by atoms with van der Waals surface area (Å²) in [4.78, 5) is 0.0743. The number of primary sulfonamides is 1. The van der Waals surface area contributed by atoms with Crippen molar-refractivity contribution in [2.75, 3.05) is 11.1 Å². The molecule has 5 N–H and O–H groups in total. The number of anilines is 2. The first-order valence-corrected chi connectivity index (χ1v) is 8.11. The summed E-state index contributed by atoms with van der Waals surface area (Å²) >= 11 is 0. The third kappa shape index (κ3) is 3.39. The molecule has 0 amide bonds. The van der Waals surface area contributed by atoms with E-state index in [4.69, 9.17) is 10.9 Å². The lowest BCUT2D eigenvalue weighted by molar-refractivity contribution is 0.349. The number of nitrogen functional groups attached to an aromatic ring is 1. The maximum atomic E-state index is 11.6. The number of rotatable bonds is 3. The Kier molecular flexibility index (Phi) is 4.01. The topological polar surface area (TPSA) is 98.2 Å². The van der Waals surface area contributed by atoms with E-state index in [9.17, 15) is 8.42 Å². The molecule has 1 saturated carbocycles. The molecule has 1 aromatic rings. The van der Waals surface area contributed by atoms with E-state index in [2.05, 4.69) is 12.2 Å². The Labute approximate surface area is 114 Å². The zero-order valence-electron chi connectivity index (χ0n) is 11.1. The molecule has 0 heterocycles. The Balaban J connectivity index is 2.29. The largest absolute Gasteiger partial charge is 0.399 e. The zero-order valence-corrected chi connectivity index (χ0v) is 11.9. The standard InChI is InChI=1S/C13H21N3O2S/c1-9-4-2-3-5-11(9)16-12-7-6-10(14)8-13(12)19(15,17)18/h6-9,11,16H,2-5,14H2,1H3,(H2,15,17,18). The van der Waals surface area contributed by atoms with Gasteiger partial charge in [-0.15, -0.1) is 0 Å². The van der Waals surface area contributed by atoms with E-state index >= 15 is 0 Å². The van der Waals surface area contributed by atoms with Crippen molar-refractivity contribution < 1.29 is 8.42 Å². The van der Waals surface area contributed by atoms with Crippen LogP contribution in [-0.2, 0) is 10.0 Å². The molecule has 2 unspecified atom stereocenters. The Bertz CT molecular complexity index is 557. The molecule has 106 valence electrons. The molecule has 1 aliphatic rings. The van der Waals surface area contributed by atoms with E-state index in [1.165, 1.54) is 18.9 Å². The summed E-state index contributed by atoms with van der Waals surface area (Å²) in [6.45, 7) is 2.19. The highest BCUT2D eigenvalue weighted by molar-refractivity contribution is 7.89. The van der Waals surface area contributed by atoms with Gasteiger partial charge in [0.15, 0.2) is 0 Å². The molecule has 0 spiro atoms. The molecular weight excluding hydrogens is 262 g/mol. The van der Waals surface area contributed by atoms with E-state index in [-0.39, 0.29) is 10.9 Å². The molecule has 19 heavy (non-hydrogen) atoms. The fourth-order valence-corrected chi connectivity index (χ4v) is 3.36.